The first-order valence-corrected chi connectivity index (χ1v) is 11.0. The van der Waals surface area contributed by atoms with Gasteiger partial charge in [0.15, 0.2) is 0 Å². The van der Waals surface area contributed by atoms with E-state index in [1.54, 1.807) is 12.1 Å². The van der Waals surface area contributed by atoms with Crippen molar-refractivity contribution in [3.05, 3.63) is 34.9 Å². The maximum absolute atomic E-state index is 11.8. The third kappa shape index (κ3) is 13.2. The predicted molar refractivity (Wildman–Crippen MR) is 112 cm³/mol. The number of esters is 1. The molecule has 0 aliphatic heterocycles. The second kappa shape index (κ2) is 16.2. The van der Waals surface area contributed by atoms with E-state index in [1.165, 1.54) is 70.6 Å². The van der Waals surface area contributed by atoms with Crippen molar-refractivity contribution in [2.45, 2.75) is 96.8 Å². The third-order valence-corrected chi connectivity index (χ3v) is 5.02. The van der Waals surface area contributed by atoms with Crippen LogP contribution in [0.5, 0.6) is 0 Å². The minimum absolute atomic E-state index is 0.147. The van der Waals surface area contributed by atoms with E-state index in [1.807, 2.05) is 12.1 Å². The van der Waals surface area contributed by atoms with Crippen molar-refractivity contribution in [3.63, 3.8) is 0 Å². The molecule has 0 radical (unpaired) electrons. The molecule has 148 valence electrons. The Hall–Kier alpha value is -1.02. The van der Waals surface area contributed by atoms with Gasteiger partial charge in [0.1, 0.15) is 0 Å². The SMILES string of the molecule is CCCCCCCCCCCCCCCOC(=O)Cc1ccc(Cl)cc1. The Balaban J connectivity index is 1.83. The molecule has 0 amide bonds. The summed E-state index contributed by atoms with van der Waals surface area (Å²) in [7, 11) is 0. The van der Waals surface area contributed by atoms with Gasteiger partial charge in [0.25, 0.3) is 0 Å². The molecule has 0 saturated carbocycles. The molecule has 0 saturated heterocycles. The van der Waals surface area contributed by atoms with Crippen LogP contribution in [0.15, 0.2) is 24.3 Å². The molecule has 0 fully saturated rings. The molecule has 0 aliphatic rings. The summed E-state index contributed by atoms with van der Waals surface area (Å²) in [5.74, 6) is -0.147. The zero-order valence-electron chi connectivity index (χ0n) is 16.6. The van der Waals surface area contributed by atoms with E-state index in [0.29, 0.717) is 18.1 Å². The number of carbonyl (C=O) groups excluding carboxylic acids is 1. The summed E-state index contributed by atoms with van der Waals surface area (Å²) in [6.07, 6.45) is 17.6. The molecule has 1 aromatic rings. The van der Waals surface area contributed by atoms with Crippen LogP contribution < -0.4 is 0 Å². The largest absolute Gasteiger partial charge is 0.465 e. The van der Waals surface area contributed by atoms with Crippen LogP contribution in [0.2, 0.25) is 5.02 Å². The maximum Gasteiger partial charge on any atom is 0.310 e. The van der Waals surface area contributed by atoms with Crippen LogP contribution in [0.3, 0.4) is 0 Å². The molecule has 2 nitrogen and oxygen atoms in total. The van der Waals surface area contributed by atoms with E-state index in [2.05, 4.69) is 6.92 Å². The molecular weight excluding hydrogens is 344 g/mol. The molecule has 26 heavy (non-hydrogen) atoms. The normalized spacial score (nSPS) is 10.8. The summed E-state index contributed by atoms with van der Waals surface area (Å²) in [5.41, 5.74) is 0.949. The summed E-state index contributed by atoms with van der Waals surface area (Å²) in [6, 6.07) is 7.34. The topological polar surface area (TPSA) is 26.3 Å². The summed E-state index contributed by atoms with van der Waals surface area (Å²) in [4.78, 5) is 11.8. The fourth-order valence-corrected chi connectivity index (χ4v) is 3.25. The van der Waals surface area contributed by atoms with Crippen molar-refractivity contribution in [2.75, 3.05) is 6.61 Å². The summed E-state index contributed by atoms with van der Waals surface area (Å²) < 4.78 is 5.30. The van der Waals surface area contributed by atoms with E-state index >= 15 is 0 Å². The maximum atomic E-state index is 11.8. The Morgan fingerprint density at radius 1 is 0.769 bits per heavy atom. The molecule has 0 N–H and O–H groups in total. The van der Waals surface area contributed by atoms with Gasteiger partial charge in [0, 0.05) is 5.02 Å². The first-order chi connectivity index (χ1) is 12.7. The van der Waals surface area contributed by atoms with E-state index < -0.39 is 0 Å². The van der Waals surface area contributed by atoms with Crippen LogP contribution in [0.1, 0.15) is 96.0 Å². The summed E-state index contributed by atoms with van der Waals surface area (Å²) in [5, 5.41) is 0.689. The molecule has 0 spiro atoms. The Bertz CT molecular complexity index is 456. The van der Waals surface area contributed by atoms with Crippen LogP contribution >= 0.6 is 11.6 Å². The standard InChI is InChI=1S/C23H37ClO2/c1-2-3-4-5-6-7-8-9-10-11-12-13-14-19-26-23(25)20-21-15-17-22(24)18-16-21/h15-18H,2-14,19-20H2,1H3. The van der Waals surface area contributed by atoms with Crippen LogP contribution in [-0.2, 0) is 16.0 Å². The monoisotopic (exact) mass is 380 g/mol. The van der Waals surface area contributed by atoms with Crippen molar-refractivity contribution < 1.29 is 9.53 Å². The van der Waals surface area contributed by atoms with Crippen molar-refractivity contribution in [3.8, 4) is 0 Å². The molecule has 0 aromatic heterocycles. The summed E-state index contributed by atoms with van der Waals surface area (Å²) in [6.45, 7) is 2.82. The molecule has 3 heteroatoms. The van der Waals surface area contributed by atoms with E-state index in [9.17, 15) is 4.79 Å². The van der Waals surface area contributed by atoms with Gasteiger partial charge < -0.3 is 4.74 Å². The first kappa shape index (κ1) is 23.0. The Labute approximate surface area is 165 Å². The van der Waals surface area contributed by atoms with E-state index in [4.69, 9.17) is 16.3 Å². The van der Waals surface area contributed by atoms with Gasteiger partial charge in [-0.2, -0.15) is 0 Å². The molecule has 1 aromatic carbocycles. The van der Waals surface area contributed by atoms with Crippen LogP contribution in [-0.4, -0.2) is 12.6 Å². The number of carbonyl (C=O) groups is 1. The van der Waals surface area contributed by atoms with E-state index in [0.717, 1.165) is 18.4 Å². The van der Waals surface area contributed by atoms with Crippen molar-refractivity contribution in [2.24, 2.45) is 0 Å². The van der Waals surface area contributed by atoms with Crippen molar-refractivity contribution in [1.29, 1.82) is 0 Å². The van der Waals surface area contributed by atoms with Gasteiger partial charge in [-0.1, -0.05) is 108 Å². The quantitative estimate of drug-likeness (QED) is 0.219. The van der Waals surface area contributed by atoms with Crippen LogP contribution in [0.25, 0.3) is 0 Å². The Kier molecular flexibility index (Phi) is 14.3. The fraction of sp³-hybridized carbons (Fsp3) is 0.696. The minimum atomic E-state index is -0.147. The predicted octanol–water partition coefficient (Wildman–Crippen LogP) is 7.52. The molecule has 0 heterocycles. The lowest BCUT2D eigenvalue weighted by molar-refractivity contribution is -0.142. The smallest absolute Gasteiger partial charge is 0.310 e. The highest BCUT2D eigenvalue weighted by Gasteiger charge is 2.04. The second-order valence-corrected chi connectivity index (χ2v) is 7.70. The van der Waals surface area contributed by atoms with Gasteiger partial charge in [0.2, 0.25) is 0 Å². The highest BCUT2D eigenvalue weighted by atomic mass is 35.5. The number of benzene rings is 1. The van der Waals surface area contributed by atoms with Crippen LogP contribution in [0.4, 0.5) is 0 Å². The number of unbranched alkanes of at least 4 members (excludes halogenated alkanes) is 12. The number of halogens is 1. The zero-order chi connectivity index (χ0) is 18.9. The van der Waals surface area contributed by atoms with Gasteiger partial charge in [-0.25, -0.2) is 0 Å². The number of ether oxygens (including phenoxy) is 1. The number of hydrogen-bond donors (Lipinski definition) is 0. The minimum Gasteiger partial charge on any atom is -0.465 e. The highest BCUT2D eigenvalue weighted by Crippen LogP contribution is 2.13. The summed E-state index contributed by atoms with van der Waals surface area (Å²) >= 11 is 5.83. The second-order valence-electron chi connectivity index (χ2n) is 7.27. The Morgan fingerprint density at radius 2 is 1.23 bits per heavy atom. The first-order valence-electron chi connectivity index (χ1n) is 10.6. The molecule has 1 rings (SSSR count). The lowest BCUT2D eigenvalue weighted by atomic mass is 10.0. The van der Waals surface area contributed by atoms with Gasteiger partial charge in [-0.3, -0.25) is 4.79 Å². The van der Waals surface area contributed by atoms with Gasteiger partial charge >= 0.3 is 5.97 Å². The molecule has 0 atom stereocenters. The van der Waals surface area contributed by atoms with Gasteiger partial charge in [0.05, 0.1) is 13.0 Å². The van der Waals surface area contributed by atoms with E-state index in [-0.39, 0.29) is 5.97 Å². The van der Waals surface area contributed by atoms with Crippen molar-refractivity contribution in [1.82, 2.24) is 0 Å². The number of hydrogen-bond acceptors (Lipinski definition) is 2. The van der Waals surface area contributed by atoms with Gasteiger partial charge in [-0.15, -0.1) is 0 Å². The number of rotatable bonds is 16. The third-order valence-electron chi connectivity index (χ3n) is 4.77. The Morgan fingerprint density at radius 3 is 1.73 bits per heavy atom. The van der Waals surface area contributed by atoms with Gasteiger partial charge in [-0.05, 0) is 24.1 Å². The average Bonchev–Trinajstić information content (AvgIpc) is 2.64. The lowest BCUT2D eigenvalue weighted by Crippen LogP contribution is -2.09. The molecule has 0 aliphatic carbocycles. The van der Waals surface area contributed by atoms with Crippen LogP contribution in [0, 0.1) is 0 Å². The molecule has 0 unspecified atom stereocenters. The average molecular weight is 381 g/mol. The fourth-order valence-electron chi connectivity index (χ4n) is 3.13. The highest BCUT2D eigenvalue weighted by molar-refractivity contribution is 6.30. The zero-order valence-corrected chi connectivity index (χ0v) is 17.4. The molecular formula is C23H37ClO2. The van der Waals surface area contributed by atoms with Crippen molar-refractivity contribution >= 4 is 17.6 Å². The lowest BCUT2D eigenvalue weighted by Gasteiger charge is -2.05. The molecule has 0 bridgehead atoms.